The zero-order valence-corrected chi connectivity index (χ0v) is 29.3. The summed E-state index contributed by atoms with van der Waals surface area (Å²) in [6.07, 6.45) is 4.25. The Bertz CT molecular complexity index is 2630. The Hall–Kier alpha value is -5.98. The van der Waals surface area contributed by atoms with E-state index in [-0.39, 0.29) is 0 Å². The van der Waals surface area contributed by atoms with Crippen molar-refractivity contribution in [2.24, 2.45) is 0 Å². The van der Waals surface area contributed by atoms with E-state index in [4.69, 9.17) is 0 Å². The lowest BCUT2D eigenvalue weighted by Gasteiger charge is -2.16. The molecule has 8 aromatic rings. The Labute approximate surface area is 301 Å². The molecule has 0 saturated carbocycles. The second kappa shape index (κ2) is 12.7. The van der Waals surface area contributed by atoms with Crippen molar-refractivity contribution in [1.82, 2.24) is 0 Å². The molecule has 0 N–H and O–H groups in total. The number of hydrogen-bond acceptors (Lipinski definition) is 0. The van der Waals surface area contributed by atoms with E-state index in [1.54, 1.807) is 0 Å². The summed E-state index contributed by atoms with van der Waals surface area (Å²) < 4.78 is 0. The lowest BCUT2D eigenvalue weighted by molar-refractivity contribution is 0.691. The summed E-state index contributed by atoms with van der Waals surface area (Å²) in [6.45, 7) is 8.80. The smallest absolute Gasteiger partial charge is 0.00669 e. The summed E-state index contributed by atoms with van der Waals surface area (Å²) in [5, 5.41) is 5.36. The number of fused-ring (bicyclic) bond motifs is 7. The highest BCUT2D eigenvalue weighted by Gasteiger charge is 2.22. The average Bonchev–Trinajstić information content (AvgIpc) is 3.33. The van der Waals surface area contributed by atoms with Gasteiger partial charge in [-0.3, -0.25) is 0 Å². The van der Waals surface area contributed by atoms with Gasteiger partial charge in [-0.1, -0.05) is 159 Å². The first-order chi connectivity index (χ1) is 25.1. The molecule has 244 valence electrons. The Morgan fingerprint density at radius 2 is 1.10 bits per heavy atom. The van der Waals surface area contributed by atoms with Crippen LogP contribution < -0.4 is 0 Å². The van der Waals surface area contributed by atoms with Crippen LogP contribution in [0.5, 0.6) is 0 Å². The van der Waals surface area contributed by atoms with Gasteiger partial charge in [0.2, 0.25) is 0 Å². The molecule has 8 aromatic carbocycles. The second-order valence-electron chi connectivity index (χ2n) is 14.2. The number of rotatable bonds is 5. The number of aryl methyl sites for hydroxylation is 2. The predicted octanol–water partition coefficient (Wildman–Crippen LogP) is 14.3. The molecule has 0 radical (unpaired) electrons. The molecule has 0 heteroatoms. The van der Waals surface area contributed by atoms with Gasteiger partial charge in [-0.05, 0) is 143 Å². The van der Waals surface area contributed by atoms with Crippen molar-refractivity contribution in [3.05, 3.63) is 187 Å². The molecule has 0 spiro atoms. The highest BCUT2D eigenvalue weighted by molar-refractivity contribution is 6.12. The monoisotopic (exact) mass is 652 g/mol. The third-order valence-electron chi connectivity index (χ3n) is 11.2. The van der Waals surface area contributed by atoms with E-state index in [9.17, 15) is 0 Å². The SMILES string of the molecule is C=Cc1c(-c2cccc(-c3cccc(-c4ccc5ccc6ccc7c(c6c5c4)CCC(C)c4ccccc4-7)c3)c2)cccc1-c1ccccc1C. The Kier molecular flexibility index (Phi) is 7.74. The molecule has 9 rings (SSSR count). The van der Waals surface area contributed by atoms with E-state index in [0.717, 1.165) is 18.4 Å². The van der Waals surface area contributed by atoms with Crippen LogP contribution in [0.15, 0.2) is 164 Å². The summed E-state index contributed by atoms with van der Waals surface area (Å²) in [5.74, 6) is 0.538. The van der Waals surface area contributed by atoms with E-state index < -0.39 is 0 Å². The standard InChI is InChI=1S/C51H40/c1-4-42-45(20-11-21-46(42)43-17-6-5-12-33(43)2)41-16-10-15-39(31-41)37-13-9-14-38(30-37)40-26-24-35-23-25-36-27-29-48-47-19-8-7-18-44(47)34(3)22-28-49(48)51(36)50(35)32-40/h4-21,23-27,29-32,34H,1,22,28H2,2-3H3. The topological polar surface area (TPSA) is 0 Å². The van der Waals surface area contributed by atoms with Gasteiger partial charge in [-0.25, -0.2) is 0 Å². The van der Waals surface area contributed by atoms with Crippen LogP contribution in [0, 0.1) is 6.92 Å². The Balaban J connectivity index is 1.14. The zero-order valence-electron chi connectivity index (χ0n) is 29.3. The van der Waals surface area contributed by atoms with E-state index in [1.165, 1.54) is 93.9 Å². The van der Waals surface area contributed by atoms with Crippen molar-refractivity contribution in [3.63, 3.8) is 0 Å². The molecule has 1 unspecified atom stereocenters. The molecule has 1 aliphatic carbocycles. The van der Waals surface area contributed by atoms with Gasteiger partial charge in [0.25, 0.3) is 0 Å². The summed E-state index contributed by atoms with van der Waals surface area (Å²) in [7, 11) is 0. The third kappa shape index (κ3) is 5.40. The summed E-state index contributed by atoms with van der Waals surface area (Å²) in [4.78, 5) is 0. The predicted molar refractivity (Wildman–Crippen MR) is 220 cm³/mol. The first-order valence-corrected chi connectivity index (χ1v) is 18.2. The van der Waals surface area contributed by atoms with Crippen LogP contribution in [0.1, 0.15) is 41.5 Å². The largest absolute Gasteiger partial charge is 0.0984 e. The molecule has 0 saturated heterocycles. The highest BCUT2D eigenvalue weighted by atomic mass is 14.3. The van der Waals surface area contributed by atoms with Gasteiger partial charge in [-0.15, -0.1) is 0 Å². The van der Waals surface area contributed by atoms with Gasteiger partial charge in [-0.2, -0.15) is 0 Å². The van der Waals surface area contributed by atoms with E-state index in [0.29, 0.717) is 5.92 Å². The van der Waals surface area contributed by atoms with Gasteiger partial charge >= 0.3 is 0 Å². The van der Waals surface area contributed by atoms with Crippen molar-refractivity contribution >= 4 is 27.6 Å². The highest BCUT2D eigenvalue weighted by Crippen LogP contribution is 2.43. The van der Waals surface area contributed by atoms with Crippen molar-refractivity contribution in [2.45, 2.75) is 32.6 Å². The molecular formula is C51H40. The van der Waals surface area contributed by atoms with Crippen LogP contribution in [-0.4, -0.2) is 0 Å². The van der Waals surface area contributed by atoms with Gasteiger partial charge in [0, 0.05) is 0 Å². The molecule has 0 fully saturated rings. The van der Waals surface area contributed by atoms with Gasteiger partial charge in [0.1, 0.15) is 0 Å². The number of benzene rings is 8. The normalized spacial score (nSPS) is 13.8. The van der Waals surface area contributed by atoms with E-state index in [2.05, 4.69) is 178 Å². The molecule has 0 nitrogen and oxygen atoms in total. The molecule has 1 atom stereocenters. The molecule has 51 heavy (non-hydrogen) atoms. The van der Waals surface area contributed by atoms with E-state index >= 15 is 0 Å². The fraction of sp³-hybridized carbons (Fsp3) is 0.0980. The maximum Gasteiger partial charge on any atom is -0.00669 e. The van der Waals surface area contributed by atoms with E-state index in [1.807, 2.05) is 6.08 Å². The van der Waals surface area contributed by atoms with Gasteiger partial charge in [0.05, 0.1) is 0 Å². The maximum absolute atomic E-state index is 4.24. The molecule has 0 bridgehead atoms. The lowest BCUT2D eigenvalue weighted by Crippen LogP contribution is -1.93. The summed E-state index contributed by atoms with van der Waals surface area (Å²) >= 11 is 0. The first-order valence-electron chi connectivity index (χ1n) is 18.2. The minimum absolute atomic E-state index is 0.538. The van der Waals surface area contributed by atoms with Crippen LogP contribution in [0.4, 0.5) is 0 Å². The Morgan fingerprint density at radius 3 is 1.88 bits per heavy atom. The van der Waals surface area contributed by atoms with Crippen LogP contribution in [0.3, 0.4) is 0 Å². The molecule has 0 aliphatic heterocycles. The van der Waals surface area contributed by atoms with Crippen LogP contribution in [0.25, 0.3) is 83.3 Å². The van der Waals surface area contributed by atoms with Gasteiger partial charge < -0.3 is 0 Å². The summed E-state index contributed by atoms with van der Waals surface area (Å²) in [5.41, 5.74) is 17.9. The minimum atomic E-state index is 0.538. The van der Waals surface area contributed by atoms with Crippen molar-refractivity contribution < 1.29 is 0 Å². The average molecular weight is 653 g/mol. The molecular weight excluding hydrogens is 613 g/mol. The molecule has 0 aromatic heterocycles. The third-order valence-corrected chi connectivity index (χ3v) is 11.2. The number of hydrogen-bond donors (Lipinski definition) is 0. The molecule has 0 amide bonds. The van der Waals surface area contributed by atoms with Crippen molar-refractivity contribution in [1.29, 1.82) is 0 Å². The van der Waals surface area contributed by atoms with Crippen LogP contribution in [0.2, 0.25) is 0 Å². The first kappa shape index (κ1) is 31.0. The molecule has 1 aliphatic rings. The molecule has 0 heterocycles. The van der Waals surface area contributed by atoms with Crippen LogP contribution >= 0.6 is 0 Å². The second-order valence-corrected chi connectivity index (χ2v) is 14.2. The minimum Gasteiger partial charge on any atom is -0.0984 e. The quantitative estimate of drug-likeness (QED) is 0.162. The Morgan fingerprint density at radius 1 is 0.510 bits per heavy atom. The maximum atomic E-state index is 4.24. The van der Waals surface area contributed by atoms with Crippen LogP contribution in [-0.2, 0) is 6.42 Å². The fourth-order valence-electron chi connectivity index (χ4n) is 8.49. The zero-order chi connectivity index (χ0) is 34.5. The fourth-order valence-corrected chi connectivity index (χ4v) is 8.49. The van der Waals surface area contributed by atoms with Crippen molar-refractivity contribution in [3.8, 4) is 55.6 Å². The lowest BCUT2D eigenvalue weighted by atomic mass is 9.88. The summed E-state index contributed by atoms with van der Waals surface area (Å²) in [6, 6.07) is 58.5. The van der Waals surface area contributed by atoms with Gasteiger partial charge in [0.15, 0.2) is 0 Å². The van der Waals surface area contributed by atoms with Crippen molar-refractivity contribution in [2.75, 3.05) is 0 Å².